The highest BCUT2D eigenvalue weighted by Gasteiger charge is 2.06. The summed E-state index contributed by atoms with van der Waals surface area (Å²) in [6, 6.07) is 0. The lowest BCUT2D eigenvalue weighted by molar-refractivity contribution is -0.870. The van der Waals surface area contributed by atoms with Crippen molar-refractivity contribution < 1.29 is 32.9 Å². The molecule has 0 radical (unpaired) electrons. The molecule has 0 atom stereocenters. The Balaban J connectivity index is 0. The highest BCUT2D eigenvalue weighted by molar-refractivity contribution is 4.46. The van der Waals surface area contributed by atoms with E-state index in [1.54, 1.807) is 0 Å². The fourth-order valence-corrected chi connectivity index (χ4v) is 2.06. The van der Waals surface area contributed by atoms with Crippen molar-refractivity contribution in [2.75, 3.05) is 55.4 Å². The van der Waals surface area contributed by atoms with Gasteiger partial charge in [0.25, 0.3) is 0 Å². The zero-order valence-corrected chi connectivity index (χ0v) is 15.8. The van der Waals surface area contributed by atoms with E-state index >= 15 is 0 Å². The lowest BCUT2D eigenvalue weighted by Crippen LogP contribution is -3.00. The molecule has 0 aromatic heterocycles. The molecule has 112 valence electrons. The maximum Gasteiger partial charge on any atom is 0.0780 e. The molecule has 18 heavy (non-hydrogen) atoms. The number of unbranched alkanes of at least 4 members (excludes halogenated alkanes) is 6. The highest BCUT2D eigenvalue weighted by Crippen LogP contribution is 2.09. The van der Waals surface area contributed by atoms with Crippen molar-refractivity contribution in [1.29, 1.82) is 0 Å². The lowest BCUT2D eigenvalue weighted by atomic mass is 10.1. The Morgan fingerprint density at radius 1 is 0.444 bits per heavy atom. The molecule has 0 fully saturated rings. The minimum atomic E-state index is 0. The van der Waals surface area contributed by atoms with Gasteiger partial charge in [0, 0.05) is 0 Å². The third kappa shape index (κ3) is 19.0. The van der Waals surface area contributed by atoms with Gasteiger partial charge in [0.15, 0.2) is 0 Å². The summed E-state index contributed by atoms with van der Waals surface area (Å²) in [6.07, 6.45) is 9.93. The molecule has 0 unspecified atom stereocenters. The summed E-state index contributed by atoms with van der Waals surface area (Å²) in [5.74, 6) is 0. The van der Waals surface area contributed by atoms with Crippen LogP contribution >= 0.6 is 0 Å². The van der Waals surface area contributed by atoms with Crippen molar-refractivity contribution >= 4 is 0 Å². The first-order valence-electron chi connectivity index (χ1n) is 7.32. The topological polar surface area (TPSA) is 0 Å². The lowest BCUT2D eigenvalue weighted by Gasteiger charge is -2.24. The minimum Gasteiger partial charge on any atom is -1.00 e. The molecule has 0 spiro atoms. The van der Waals surface area contributed by atoms with Crippen LogP contribution < -0.4 is 24.0 Å². The molecule has 0 saturated heterocycles. The summed E-state index contributed by atoms with van der Waals surface area (Å²) in [6.45, 7) is 2.64. The predicted octanol–water partition coefficient (Wildman–Crippen LogP) is 0.134. The van der Waals surface area contributed by atoms with Crippen LogP contribution in [0.2, 0.25) is 0 Å². The normalized spacial score (nSPS) is 12.3. The SMILES string of the molecule is C[N+](C)(C)CCCCCCCCC[N+](C)(C)C.[I-]. The Morgan fingerprint density at radius 3 is 0.889 bits per heavy atom. The van der Waals surface area contributed by atoms with Gasteiger partial charge in [-0.3, -0.25) is 0 Å². The molecule has 0 saturated carbocycles. The largest absolute Gasteiger partial charge is 1.00 e. The maximum absolute atomic E-state index is 2.28. The summed E-state index contributed by atoms with van der Waals surface area (Å²) >= 11 is 0. The first-order valence-corrected chi connectivity index (χ1v) is 7.32. The highest BCUT2D eigenvalue weighted by atomic mass is 127. The molecule has 0 aliphatic carbocycles. The van der Waals surface area contributed by atoms with E-state index in [1.807, 2.05) is 0 Å². The van der Waals surface area contributed by atoms with Crippen molar-refractivity contribution in [3.8, 4) is 0 Å². The Labute approximate surface area is 133 Å². The number of hydrogen-bond donors (Lipinski definition) is 0. The van der Waals surface area contributed by atoms with Gasteiger partial charge in [0.2, 0.25) is 0 Å². The number of halogens is 1. The van der Waals surface area contributed by atoms with Crippen LogP contribution in [0.1, 0.15) is 44.9 Å². The van der Waals surface area contributed by atoms with Gasteiger partial charge in [0.05, 0.1) is 55.4 Å². The zero-order valence-electron chi connectivity index (χ0n) is 13.6. The maximum atomic E-state index is 2.28. The smallest absolute Gasteiger partial charge is 0.0780 e. The molecular formula is C15H36IN2+. The molecule has 0 heterocycles. The van der Waals surface area contributed by atoms with Crippen molar-refractivity contribution in [3.63, 3.8) is 0 Å². The van der Waals surface area contributed by atoms with Crippen molar-refractivity contribution in [1.82, 2.24) is 0 Å². The molecule has 3 heteroatoms. The first-order chi connectivity index (χ1) is 7.71. The number of quaternary nitrogens is 2. The first kappa shape index (κ1) is 21.0. The van der Waals surface area contributed by atoms with Crippen LogP contribution in [-0.4, -0.2) is 64.3 Å². The monoisotopic (exact) mass is 371 g/mol. The average molecular weight is 371 g/mol. The van der Waals surface area contributed by atoms with Crippen LogP contribution in [0.25, 0.3) is 0 Å². The number of hydrogen-bond acceptors (Lipinski definition) is 0. The van der Waals surface area contributed by atoms with Crippen LogP contribution in [-0.2, 0) is 0 Å². The Bertz CT molecular complexity index is 160. The quantitative estimate of drug-likeness (QED) is 0.291. The zero-order chi connectivity index (χ0) is 13.4. The van der Waals surface area contributed by atoms with E-state index < -0.39 is 0 Å². The van der Waals surface area contributed by atoms with Gasteiger partial charge in [0.1, 0.15) is 0 Å². The van der Waals surface area contributed by atoms with E-state index in [0.29, 0.717) is 0 Å². The number of nitrogens with zero attached hydrogens (tertiary/aromatic N) is 2. The molecule has 0 aromatic rings. The molecule has 0 N–H and O–H groups in total. The summed E-state index contributed by atoms with van der Waals surface area (Å²) in [5.41, 5.74) is 0. The van der Waals surface area contributed by atoms with Gasteiger partial charge < -0.3 is 32.9 Å². The molecule has 0 bridgehead atoms. The average Bonchev–Trinajstić information content (AvgIpc) is 2.11. The predicted molar refractivity (Wildman–Crippen MR) is 78.1 cm³/mol. The van der Waals surface area contributed by atoms with Gasteiger partial charge >= 0.3 is 0 Å². The molecule has 2 nitrogen and oxygen atoms in total. The van der Waals surface area contributed by atoms with Gasteiger partial charge in [-0.05, 0) is 25.7 Å². The second kappa shape index (κ2) is 10.4. The van der Waals surface area contributed by atoms with Crippen molar-refractivity contribution in [2.45, 2.75) is 44.9 Å². The second-order valence-electron chi connectivity index (χ2n) is 7.50. The minimum absolute atomic E-state index is 0. The number of rotatable bonds is 10. The van der Waals surface area contributed by atoms with Crippen molar-refractivity contribution in [2.24, 2.45) is 0 Å². The van der Waals surface area contributed by atoms with E-state index in [0.717, 1.165) is 8.97 Å². The summed E-state index contributed by atoms with van der Waals surface area (Å²) < 4.78 is 2.23. The van der Waals surface area contributed by atoms with Crippen LogP contribution in [0.5, 0.6) is 0 Å². The third-order valence-electron chi connectivity index (χ3n) is 3.16. The van der Waals surface area contributed by atoms with E-state index in [9.17, 15) is 0 Å². The third-order valence-corrected chi connectivity index (χ3v) is 3.16. The standard InChI is InChI=1S/C15H36N2.HI/c1-16(2,3)14-12-10-8-7-9-11-13-15-17(4,5)6;/h7-15H2,1-6H3;1H/q+2;/p-1. The van der Waals surface area contributed by atoms with E-state index in [4.69, 9.17) is 0 Å². The summed E-state index contributed by atoms with van der Waals surface area (Å²) in [4.78, 5) is 0. The van der Waals surface area contributed by atoms with E-state index in [2.05, 4.69) is 42.3 Å². The van der Waals surface area contributed by atoms with Crippen LogP contribution in [0.15, 0.2) is 0 Å². The Morgan fingerprint density at radius 2 is 0.667 bits per heavy atom. The fraction of sp³-hybridized carbons (Fsp3) is 1.00. The Kier molecular flexibility index (Phi) is 12.2. The molecule has 0 aliphatic heterocycles. The van der Waals surface area contributed by atoms with E-state index in [1.165, 1.54) is 58.0 Å². The van der Waals surface area contributed by atoms with E-state index in [-0.39, 0.29) is 24.0 Å². The second-order valence-corrected chi connectivity index (χ2v) is 7.50. The summed E-state index contributed by atoms with van der Waals surface area (Å²) in [5, 5.41) is 0. The summed E-state index contributed by atoms with van der Waals surface area (Å²) in [7, 11) is 13.7. The van der Waals surface area contributed by atoms with Gasteiger partial charge in [-0.15, -0.1) is 0 Å². The fourth-order valence-electron chi connectivity index (χ4n) is 2.06. The molecule has 0 rings (SSSR count). The molecule has 0 aliphatic rings. The van der Waals surface area contributed by atoms with Gasteiger partial charge in [-0.2, -0.15) is 0 Å². The molecular weight excluding hydrogens is 335 g/mol. The van der Waals surface area contributed by atoms with Crippen LogP contribution in [0, 0.1) is 0 Å². The van der Waals surface area contributed by atoms with Crippen LogP contribution in [0.3, 0.4) is 0 Å². The van der Waals surface area contributed by atoms with Crippen LogP contribution in [0.4, 0.5) is 0 Å². The van der Waals surface area contributed by atoms with Gasteiger partial charge in [-0.1, -0.05) is 19.3 Å². The molecule has 0 aromatic carbocycles. The molecule has 0 amide bonds. The van der Waals surface area contributed by atoms with Crippen molar-refractivity contribution in [3.05, 3.63) is 0 Å². The van der Waals surface area contributed by atoms with Gasteiger partial charge in [-0.25, -0.2) is 0 Å². The Hall–Kier alpha value is 0.650.